The summed E-state index contributed by atoms with van der Waals surface area (Å²) < 4.78 is 0. The molecule has 0 radical (unpaired) electrons. The molecule has 1 aliphatic heterocycles. The van der Waals surface area contributed by atoms with Crippen molar-refractivity contribution in [2.24, 2.45) is 0 Å². The van der Waals surface area contributed by atoms with Gasteiger partial charge in [0.05, 0.1) is 10.6 Å². The van der Waals surface area contributed by atoms with E-state index in [0.29, 0.717) is 17.7 Å². The molecule has 0 fully saturated rings. The quantitative estimate of drug-likeness (QED) is 0.784. The van der Waals surface area contributed by atoms with Crippen molar-refractivity contribution in [2.75, 3.05) is 7.05 Å². The van der Waals surface area contributed by atoms with Crippen LogP contribution in [0.3, 0.4) is 0 Å². The molecule has 0 spiro atoms. The molecule has 1 aliphatic rings. The zero-order valence-electron chi connectivity index (χ0n) is 10.7. The maximum atomic E-state index is 12.3. The van der Waals surface area contributed by atoms with E-state index in [0.717, 1.165) is 11.1 Å². The van der Waals surface area contributed by atoms with E-state index in [1.807, 2.05) is 0 Å². The number of fused-ring (bicyclic) bond motifs is 3. The minimum Gasteiger partial charge on any atom is -0.508 e. The third-order valence-electron chi connectivity index (χ3n) is 3.45. The highest BCUT2D eigenvalue weighted by Crippen LogP contribution is 2.38. The average Bonchev–Trinajstić information content (AvgIpc) is 2.49. The predicted molar refractivity (Wildman–Crippen MR) is 76.0 cm³/mol. The molecule has 0 atom stereocenters. The number of carbonyl (C=O) groups excluding carboxylic acids is 1. The highest BCUT2D eigenvalue weighted by Gasteiger charge is 2.25. The Morgan fingerprint density at radius 2 is 1.85 bits per heavy atom. The van der Waals surface area contributed by atoms with Crippen LogP contribution in [0, 0.1) is 0 Å². The molecule has 0 saturated heterocycles. The van der Waals surface area contributed by atoms with E-state index in [4.69, 9.17) is 11.6 Å². The van der Waals surface area contributed by atoms with Gasteiger partial charge in [0.2, 0.25) is 0 Å². The zero-order valence-corrected chi connectivity index (χ0v) is 11.5. The highest BCUT2D eigenvalue weighted by atomic mass is 35.5. The van der Waals surface area contributed by atoms with Crippen LogP contribution in [0.4, 0.5) is 0 Å². The van der Waals surface area contributed by atoms with Crippen molar-refractivity contribution in [1.29, 1.82) is 0 Å². The van der Waals surface area contributed by atoms with Crippen molar-refractivity contribution in [3.05, 3.63) is 46.5 Å². The van der Waals surface area contributed by atoms with E-state index in [1.54, 1.807) is 25.2 Å². The van der Waals surface area contributed by atoms with Gasteiger partial charge in [-0.2, -0.15) is 0 Å². The Hall–Kier alpha value is -2.20. The lowest BCUT2D eigenvalue weighted by Gasteiger charge is -2.15. The molecular weight excluding hydrogens is 278 g/mol. The molecule has 2 N–H and O–H groups in total. The lowest BCUT2D eigenvalue weighted by Crippen LogP contribution is -2.24. The average molecular weight is 290 g/mol. The Bertz CT molecular complexity index is 727. The van der Waals surface area contributed by atoms with Gasteiger partial charge in [0.25, 0.3) is 5.91 Å². The van der Waals surface area contributed by atoms with Crippen LogP contribution < -0.4 is 0 Å². The largest absolute Gasteiger partial charge is 0.508 e. The van der Waals surface area contributed by atoms with Crippen molar-refractivity contribution < 1.29 is 15.0 Å². The fourth-order valence-electron chi connectivity index (χ4n) is 2.46. The lowest BCUT2D eigenvalue weighted by molar-refractivity contribution is 0.0788. The van der Waals surface area contributed by atoms with Gasteiger partial charge in [-0.05, 0) is 47.0 Å². The lowest BCUT2D eigenvalue weighted by atomic mass is 9.96. The van der Waals surface area contributed by atoms with Crippen molar-refractivity contribution in [3.63, 3.8) is 0 Å². The topological polar surface area (TPSA) is 60.8 Å². The summed E-state index contributed by atoms with van der Waals surface area (Å²) in [6, 6.07) is 7.89. The standard InChI is InChI=1S/C15H12ClNO3/c1-17-7-8-4-14(19)13(16)6-11(8)10-3-2-9(18)5-12(10)15(17)20/h2-6,18-19H,7H2,1H3. The number of hydrogen-bond acceptors (Lipinski definition) is 3. The summed E-state index contributed by atoms with van der Waals surface area (Å²) in [6.07, 6.45) is 0. The molecule has 3 rings (SSSR count). The van der Waals surface area contributed by atoms with E-state index >= 15 is 0 Å². The van der Waals surface area contributed by atoms with Gasteiger partial charge in [-0.3, -0.25) is 4.79 Å². The zero-order chi connectivity index (χ0) is 14.4. The number of rotatable bonds is 0. The number of carbonyl (C=O) groups is 1. The molecule has 2 aromatic rings. The van der Waals surface area contributed by atoms with Crippen molar-refractivity contribution in [2.45, 2.75) is 6.54 Å². The normalized spacial score (nSPS) is 13.7. The summed E-state index contributed by atoms with van der Waals surface area (Å²) in [5.41, 5.74) is 2.73. The molecule has 20 heavy (non-hydrogen) atoms. The van der Waals surface area contributed by atoms with Crippen molar-refractivity contribution in [3.8, 4) is 22.6 Å². The van der Waals surface area contributed by atoms with E-state index in [1.165, 1.54) is 17.0 Å². The Morgan fingerprint density at radius 1 is 1.10 bits per heavy atom. The summed E-state index contributed by atoms with van der Waals surface area (Å²) in [6.45, 7) is 0.369. The molecule has 4 nitrogen and oxygen atoms in total. The first-order chi connectivity index (χ1) is 9.47. The van der Waals surface area contributed by atoms with Crippen LogP contribution in [0.5, 0.6) is 11.5 Å². The summed E-state index contributed by atoms with van der Waals surface area (Å²) in [5.74, 6) is -0.143. The molecule has 5 heteroatoms. The van der Waals surface area contributed by atoms with Gasteiger partial charge in [-0.25, -0.2) is 0 Å². The van der Waals surface area contributed by atoms with Crippen LogP contribution in [0.25, 0.3) is 11.1 Å². The second-order valence-electron chi connectivity index (χ2n) is 4.85. The molecule has 0 aliphatic carbocycles. The molecule has 0 aromatic heterocycles. The fraction of sp³-hybridized carbons (Fsp3) is 0.133. The minimum atomic E-state index is -0.178. The van der Waals surface area contributed by atoms with E-state index < -0.39 is 0 Å². The molecule has 1 amide bonds. The second-order valence-corrected chi connectivity index (χ2v) is 5.26. The predicted octanol–water partition coefficient (Wildman–Crippen LogP) is 3.00. The molecule has 102 valence electrons. The van der Waals surface area contributed by atoms with Crippen molar-refractivity contribution >= 4 is 17.5 Å². The van der Waals surface area contributed by atoms with Gasteiger partial charge in [0.1, 0.15) is 11.5 Å². The molecule has 0 bridgehead atoms. The Kier molecular flexibility index (Phi) is 2.83. The van der Waals surface area contributed by atoms with Gasteiger partial charge < -0.3 is 15.1 Å². The summed E-state index contributed by atoms with van der Waals surface area (Å²) in [4.78, 5) is 13.9. The maximum Gasteiger partial charge on any atom is 0.254 e. The Labute approximate surface area is 120 Å². The number of amides is 1. The number of aromatic hydroxyl groups is 2. The Balaban J connectivity index is 2.35. The third-order valence-corrected chi connectivity index (χ3v) is 3.75. The third kappa shape index (κ3) is 1.89. The van der Waals surface area contributed by atoms with Gasteiger partial charge in [0, 0.05) is 13.6 Å². The molecule has 1 heterocycles. The Morgan fingerprint density at radius 3 is 2.60 bits per heavy atom. The smallest absolute Gasteiger partial charge is 0.254 e. The van der Waals surface area contributed by atoms with Crippen LogP contribution in [0.15, 0.2) is 30.3 Å². The van der Waals surface area contributed by atoms with Gasteiger partial charge in [-0.1, -0.05) is 11.6 Å². The van der Waals surface area contributed by atoms with Crippen LogP contribution in [-0.4, -0.2) is 28.1 Å². The van der Waals surface area contributed by atoms with Crippen LogP contribution in [0.1, 0.15) is 15.9 Å². The number of benzene rings is 2. The fourth-order valence-corrected chi connectivity index (χ4v) is 2.63. The maximum absolute atomic E-state index is 12.3. The monoisotopic (exact) mass is 289 g/mol. The van der Waals surface area contributed by atoms with Gasteiger partial charge in [-0.15, -0.1) is 0 Å². The first-order valence-corrected chi connectivity index (χ1v) is 6.45. The number of halogens is 1. The van der Waals surface area contributed by atoms with Gasteiger partial charge in [0.15, 0.2) is 0 Å². The number of phenolic OH excluding ortho intramolecular Hbond substituents is 2. The van der Waals surface area contributed by atoms with Crippen LogP contribution in [0.2, 0.25) is 5.02 Å². The molecule has 0 unspecified atom stereocenters. The SMILES string of the molecule is CN1Cc2cc(O)c(Cl)cc2-c2ccc(O)cc2C1=O. The van der Waals surface area contributed by atoms with E-state index in [9.17, 15) is 15.0 Å². The molecular formula is C15H12ClNO3. The highest BCUT2D eigenvalue weighted by molar-refractivity contribution is 6.32. The molecule has 0 saturated carbocycles. The number of phenols is 2. The minimum absolute atomic E-state index is 0.00602. The summed E-state index contributed by atoms with van der Waals surface area (Å²) >= 11 is 5.97. The van der Waals surface area contributed by atoms with Crippen LogP contribution in [-0.2, 0) is 6.54 Å². The first kappa shape index (κ1) is 12.8. The summed E-state index contributed by atoms with van der Waals surface area (Å²) in [7, 11) is 1.68. The van der Waals surface area contributed by atoms with Crippen molar-refractivity contribution in [1.82, 2.24) is 4.90 Å². The van der Waals surface area contributed by atoms with Gasteiger partial charge >= 0.3 is 0 Å². The second kappa shape index (κ2) is 4.42. The molecule has 2 aromatic carbocycles. The number of nitrogens with zero attached hydrogens (tertiary/aromatic N) is 1. The first-order valence-electron chi connectivity index (χ1n) is 6.07. The van der Waals surface area contributed by atoms with E-state index in [-0.39, 0.29) is 22.4 Å². The number of hydrogen-bond donors (Lipinski definition) is 2. The van der Waals surface area contributed by atoms with Crippen LogP contribution >= 0.6 is 11.6 Å². The summed E-state index contributed by atoms with van der Waals surface area (Å²) in [5, 5.41) is 19.6. The van der Waals surface area contributed by atoms with E-state index in [2.05, 4.69) is 0 Å².